The Morgan fingerprint density at radius 1 is 1.23 bits per heavy atom. The Balaban J connectivity index is 1.92. The minimum atomic E-state index is -0.481. The number of benzene rings is 2. The summed E-state index contributed by atoms with van der Waals surface area (Å²) in [7, 11) is 0. The van der Waals surface area contributed by atoms with Crippen LogP contribution in [-0.2, 0) is 16.1 Å². The molecule has 1 aliphatic rings. The lowest BCUT2D eigenvalue weighted by molar-refractivity contribution is -0.130. The van der Waals surface area contributed by atoms with Crippen molar-refractivity contribution in [3.8, 4) is 5.75 Å². The van der Waals surface area contributed by atoms with E-state index in [0.717, 1.165) is 18.4 Å². The number of hydrogen-bond acceptors (Lipinski definition) is 7. The number of aliphatic imine (C=N–C) groups is 1. The van der Waals surface area contributed by atoms with Crippen molar-refractivity contribution in [3.05, 3.63) is 65.2 Å². The molecule has 0 aliphatic carbocycles. The summed E-state index contributed by atoms with van der Waals surface area (Å²) in [5, 5.41) is 13.0. The highest BCUT2D eigenvalue weighted by Crippen LogP contribution is 2.32. The van der Waals surface area contributed by atoms with E-state index in [1.54, 1.807) is 18.2 Å². The van der Waals surface area contributed by atoms with E-state index >= 15 is 0 Å². The molecule has 2 aromatic rings. The molecule has 35 heavy (non-hydrogen) atoms. The summed E-state index contributed by atoms with van der Waals surface area (Å²) in [5.41, 5.74) is 8.06. The maximum atomic E-state index is 13.0. The van der Waals surface area contributed by atoms with Gasteiger partial charge in [-0.05, 0) is 43.5 Å². The molecule has 0 fully saturated rings. The molecule has 1 atom stereocenters. The number of nitrogens with zero attached hydrogens (tertiary/aromatic N) is 2. The van der Waals surface area contributed by atoms with E-state index in [4.69, 9.17) is 10.5 Å². The fourth-order valence-corrected chi connectivity index (χ4v) is 4.27. The van der Waals surface area contributed by atoms with Gasteiger partial charge in [-0.2, -0.15) is 0 Å². The van der Waals surface area contributed by atoms with Crippen molar-refractivity contribution in [1.29, 1.82) is 0 Å². The van der Waals surface area contributed by atoms with E-state index < -0.39 is 11.6 Å². The molecule has 1 aliphatic heterocycles. The van der Waals surface area contributed by atoms with Crippen molar-refractivity contribution in [2.45, 2.75) is 58.2 Å². The van der Waals surface area contributed by atoms with E-state index in [1.807, 2.05) is 57.0 Å². The van der Waals surface area contributed by atoms with Crippen molar-refractivity contribution in [1.82, 2.24) is 10.2 Å². The summed E-state index contributed by atoms with van der Waals surface area (Å²) < 4.78 is 5.79. The van der Waals surface area contributed by atoms with Gasteiger partial charge in [0.15, 0.2) is 11.9 Å². The second kappa shape index (κ2) is 11.7. The zero-order chi connectivity index (χ0) is 25.4. The van der Waals surface area contributed by atoms with Crippen molar-refractivity contribution in [2.24, 2.45) is 10.7 Å². The minimum absolute atomic E-state index is 0.0947. The predicted molar refractivity (Wildman–Crippen MR) is 136 cm³/mol. The monoisotopic (exact) mass is 478 g/mol. The molecule has 0 bridgehead atoms. The summed E-state index contributed by atoms with van der Waals surface area (Å²) in [6, 6.07) is 14.2. The fourth-order valence-electron chi connectivity index (χ4n) is 4.27. The highest BCUT2D eigenvalue weighted by Gasteiger charge is 2.37. The summed E-state index contributed by atoms with van der Waals surface area (Å²) in [5.74, 6) is 2.63. The number of nitrogens with two attached hydrogens (primary N) is 1. The highest BCUT2D eigenvalue weighted by atomic mass is 16.5. The van der Waals surface area contributed by atoms with Crippen molar-refractivity contribution >= 4 is 23.5 Å². The van der Waals surface area contributed by atoms with Crippen LogP contribution in [0.15, 0.2) is 53.5 Å². The summed E-state index contributed by atoms with van der Waals surface area (Å²) in [6.07, 6.45) is 1.76. The lowest BCUT2D eigenvalue weighted by Crippen LogP contribution is -2.50. The van der Waals surface area contributed by atoms with Gasteiger partial charge in [0.2, 0.25) is 5.91 Å². The van der Waals surface area contributed by atoms with Gasteiger partial charge in [0.05, 0.1) is 37.8 Å². The summed E-state index contributed by atoms with van der Waals surface area (Å²) in [4.78, 5) is 31.1. The molecule has 0 saturated heterocycles. The molecule has 2 aromatic carbocycles. The first-order valence-corrected chi connectivity index (χ1v) is 12.0. The van der Waals surface area contributed by atoms with Gasteiger partial charge in [0, 0.05) is 11.1 Å². The molecule has 186 valence electrons. The van der Waals surface area contributed by atoms with Crippen LogP contribution in [0.4, 0.5) is 0 Å². The zero-order valence-corrected chi connectivity index (χ0v) is 20.6. The predicted octanol–water partition coefficient (Wildman–Crippen LogP) is 3.19. The molecule has 4 N–H and O–H groups in total. The minimum Gasteiger partial charge on any atom is -0.494 e. The lowest BCUT2D eigenvalue weighted by atomic mass is 9.88. The highest BCUT2D eigenvalue weighted by molar-refractivity contribution is 5.99. The quantitative estimate of drug-likeness (QED) is 0.427. The van der Waals surface area contributed by atoms with Crippen LogP contribution in [0, 0.1) is 0 Å². The number of nitrogens with one attached hydrogen (secondary N) is 1. The second-order valence-electron chi connectivity index (χ2n) is 8.58. The first-order chi connectivity index (χ1) is 16.9. The first kappa shape index (κ1) is 26.0. The Morgan fingerprint density at radius 3 is 2.51 bits per heavy atom. The molecule has 8 nitrogen and oxygen atoms in total. The molecule has 8 heteroatoms. The van der Waals surface area contributed by atoms with Gasteiger partial charge in [-0.3, -0.25) is 9.69 Å². The Labute approximate surface area is 206 Å². The van der Waals surface area contributed by atoms with Gasteiger partial charge in [-0.15, -0.1) is 0 Å². The van der Waals surface area contributed by atoms with Crippen molar-refractivity contribution < 1.29 is 19.4 Å². The first-order valence-electron chi connectivity index (χ1n) is 12.0. The van der Waals surface area contributed by atoms with E-state index in [9.17, 15) is 14.7 Å². The van der Waals surface area contributed by atoms with E-state index in [0.29, 0.717) is 29.9 Å². The third-order valence-electron chi connectivity index (χ3n) is 6.51. The van der Waals surface area contributed by atoms with Gasteiger partial charge in [0.25, 0.3) is 0 Å². The van der Waals surface area contributed by atoms with Crippen LogP contribution in [0.2, 0.25) is 0 Å². The number of carbonyl (C=O) groups excluding carboxylic acids is 2. The number of ether oxygens (including phenoxy) is 1. The number of rotatable bonds is 11. The summed E-state index contributed by atoms with van der Waals surface area (Å²) in [6.45, 7) is 6.29. The topological polar surface area (TPSA) is 117 Å². The Morgan fingerprint density at radius 2 is 1.94 bits per heavy atom. The van der Waals surface area contributed by atoms with Gasteiger partial charge in [0.1, 0.15) is 11.4 Å². The van der Waals surface area contributed by atoms with Crippen molar-refractivity contribution in [3.63, 3.8) is 0 Å². The van der Waals surface area contributed by atoms with Crippen LogP contribution >= 0.6 is 0 Å². The number of aliphatic hydroxyl groups excluding tert-OH is 1. The Kier molecular flexibility index (Phi) is 8.68. The largest absolute Gasteiger partial charge is 0.494 e. The average molecular weight is 479 g/mol. The molecule has 0 aromatic heterocycles. The SMILES string of the molecule is CCOc1ccc(C(=C=O)NC(CO)c2ccccc2)cc1CN1C(=O)CC(CC)(CC)N=C1N. The molecule has 0 saturated carbocycles. The van der Waals surface area contributed by atoms with E-state index in [1.165, 1.54) is 4.90 Å². The Hall–Kier alpha value is -3.61. The number of amides is 1. The number of carbonyl (C=O) groups is 1. The van der Waals surface area contributed by atoms with Crippen LogP contribution in [0.25, 0.3) is 5.70 Å². The van der Waals surface area contributed by atoms with Crippen LogP contribution in [0.5, 0.6) is 5.75 Å². The molecule has 0 radical (unpaired) electrons. The lowest BCUT2D eigenvalue weighted by Gasteiger charge is -2.36. The van der Waals surface area contributed by atoms with Gasteiger partial charge >= 0.3 is 0 Å². The van der Waals surface area contributed by atoms with E-state index in [-0.39, 0.29) is 30.7 Å². The zero-order valence-electron chi connectivity index (χ0n) is 20.6. The summed E-state index contributed by atoms with van der Waals surface area (Å²) >= 11 is 0. The smallest absolute Gasteiger partial charge is 0.232 e. The second-order valence-corrected chi connectivity index (χ2v) is 8.58. The molecule has 0 spiro atoms. The van der Waals surface area contributed by atoms with Gasteiger partial charge in [-0.1, -0.05) is 44.2 Å². The maximum absolute atomic E-state index is 13.0. The third kappa shape index (κ3) is 5.91. The van der Waals surface area contributed by atoms with Crippen LogP contribution < -0.4 is 15.8 Å². The molecule has 1 unspecified atom stereocenters. The standard InChI is InChI=1S/C27H34N4O4/c1-4-27(5-2)15-25(34)31(26(28)30-27)16-21-14-20(12-13-24(21)35-6-3)23(18-33)29-22(17-32)19-10-8-7-9-11-19/h7-14,22,29,32H,4-6,15-17H2,1-3H3,(H2,28,30). The molecule has 1 amide bonds. The van der Waals surface area contributed by atoms with Crippen LogP contribution in [-0.4, -0.2) is 46.6 Å². The van der Waals surface area contributed by atoms with Gasteiger partial charge < -0.3 is 20.9 Å². The average Bonchev–Trinajstić information content (AvgIpc) is 2.88. The third-order valence-corrected chi connectivity index (χ3v) is 6.51. The number of aliphatic hydroxyl groups is 1. The molecule has 3 rings (SSSR count). The normalized spacial score (nSPS) is 15.7. The van der Waals surface area contributed by atoms with Crippen LogP contribution in [0.3, 0.4) is 0 Å². The molecular weight excluding hydrogens is 444 g/mol. The maximum Gasteiger partial charge on any atom is 0.232 e. The van der Waals surface area contributed by atoms with E-state index in [2.05, 4.69) is 10.3 Å². The molecular formula is C27H34N4O4. The fraction of sp³-hybridized carbons (Fsp3) is 0.407. The van der Waals surface area contributed by atoms with Crippen LogP contribution in [0.1, 0.15) is 62.8 Å². The Bertz CT molecular complexity index is 1110. The number of guanidine groups is 1. The van der Waals surface area contributed by atoms with Gasteiger partial charge in [-0.25, -0.2) is 9.79 Å². The van der Waals surface area contributed by atoms with Crippen molar-refractivity contribution in [2.75, 3.05) is 13.2 Å². The number of hydrogen-bond donors (Lipinski definition) is 3. The molecule has 1 heterocycles.